The Labute approximate surface area is 190 Å². The van der Waals surface area contributed by atoms with E-state index in [2.05, 4.69) is 5.32 Å². The maximum absolute atomic E-state index is 14.7. The minimum atomic E-state index is -6.29. The smallest absolute Gasteiger partial charge is 0.312 e. The Kier molecular flexibility index (Phi) is 4.56. The lowest BCUT2D eigenvalue weighted by Crippen LogP contribution is -2.51. The molecule has 1 N–H and O–H groups in total. The van der Waals surface area contributed by atoms with Crippen molar-refractivity contribution in [2.24, 2.45) is 0 Å². The minimum absolute atomic E-state index is 0.000836. The molecular formula is C22H20F7NO2S. The van der Waals surface area contributed by atoms with Gasteiger partial charge in [-0.15, -0.1) is 0 Å². The first-order valence-corrected chi connectivity index (χ1v) is 11.4. The van der Waals surface area contributed by atoms with Crippen molar-refractivity contribution >= 4 is 9.84 Å². The van der Waals surface area contributed by atoms with Crippen molar-refractivity contribution in [2.45, 2.75) is 59.8 Å². The quantitative estimate of drug-likeness (QED) is 0.588. The normalized spacial score (nSPS) is 25.5. The van der Waals surface area contributed by atoms with Crippen molar-refractivity contribution in [1.82, 2.24) is 5.32 Å². The van der Waals surface area contributed by atoms with E-state index in [4.69, 9.17) is 4.11 Å². The Hall–Kier alpha value is -2.14. The van der Waals surface area contributed by atoms with Crippen LogP contribution in [0.3, 0.4) is 0 Å². The fourth-order valence-electron chi connectivity index (χ4n) is 4.96. The van der Waals surface area contributed by atoms with Crippen LogP contribution in [0, 0.1) is 6.85 Å². The summed E-state index contributed by atoms with van der Waals surface area (Å²) >= 11 is 0. The van der Waals surface area contributed by atoms with E-state index in [0.29, 0.717) is 12.1 Å². The number of fused-ring (bicyclic) bond motifs is 3. The number of benzene rings is 2. The minimum Gasteiger partial charge on any atom is -0.312 e. The molecule has 2 aliphatic rings. The van der Waals surface area contributed by atoms with E-state index in [-0.39, 0.29) is 47.4 Å². The Morgan fingerprint density at radius 2 is 1.64 bits per heavy atom. The van der Waals surface area contributed by atoms with E-state index in [1.807, 2.05) is 0 Å². The van der Waals surface area contributed by atoms with Crippen LogP contribution in [-0.2, 0) is 26.7 Å². The summed E-state index contributed by atoms with van der Waals surface area (Å²) in [5.74, 6) is 0. The average molecular weight is 498 g/mol. The molecule has 11 heteroatoms. The lowest BCUT2D eigenvalue weighted by molar-refractivity contribution is -0.348. The van der Waals surface area contributed by atoms with Gasteiger partial charge in [-0.25, -0.2) is 12.8 Å². The number of halogens is 7. The second kappa shape index (κ2) is 7.43. The van der Waals surface area contributed by atoms with E-state index < -0.39 is 51.1 Å². The summed E-state index contributed by atoms with van der Waals surface area (Å²) in [4.78, 5) is -0.244. The van der Waals surface area contributed by atoms with Crippen molar-refractivity contribution in [3.63, 3.8) is 0 Å². The van der Waals surface area contributed by atoms with Crippen LogP contribution in [0.2, 0.25) is 0 Å². The molecule has 1 saturated heterocycles. The lowest BCUT2D eigenvalue weighted by Gasteiger charge is -2.41. The molecule has 0 spiro atoms. The van der Waals surface area contributed by atoms with E-state index >= 15 is 0 Å². The molecule has 2 atom stereocenters. The van der Waals surface area contributed by atoms with Crippen molar-refractivity contribution in [3.8, 4) is 0 Å². The number of sulfone groups is 1. The highest BCUT2D eigenvalue weighted by molar-refractivity contribution is 7.92. The summed E-state index contributed by atoms with van der Waals surface area (Å²) in [5, 5.41) is 3.04. The Balaban J connectivity index is 1.88. The number of alkyl halides is 7. The first-order chi connectivity index (χ1) is 16.4. The average Bonchev–Trinajstić information content (AvgIpc) is 3.22. The molecular weight excluding hydrogens is 475 g/mol. The highest BCUT2D eigenvalue weighted by Crippen LogP contribution is 2.55. The van der Waals surface area contributed by atoms with Gasteiger partial charge in [-0.3, -0.25) is 0 Å². The monoisotopic (exact) mass is 498 g/mol. The molecule has 0 radical (unpaired) electrons. The largest absolute Gasteiger partial charge is 0.435 e. The van der Waals surface area contributed by atoms with Gasteiger partial charge in [-0.05, 0) is 55.9 Å². The van der Waals surface area contributed by atoms with Crippen LogP contribution in [0.4, 0.5) is 30.7 Å². The second-order valence-corrected chi connectivity index (χ2v) is 10.4. The van der Waals surface area contributed by atoms with E-state index in [0.717, 1.165) is 30.3 Å². The van der Waals surface area contributed by atoms with Crippen LogP contribution in [0.25, 0.3) is 0 Å². The maximum Gasteiger partial charge on any atom is 0.435 e. The predicted molar refractivity (Wildman–Crippen MR) is 106 cm³/mol. The molecule has 1 aliphatic heterocycles. The molecule has 180 valence electrons. The molecule has 33 heavy (non-hydrogen) atoms. The van der Waals surface area contributed by atoms with Crippen LogP contribution in [0.15, 0.2) is 47.4 Å². The summed E-state index contributed by atoms with van der Waals surface area (Å²) in [7, 11) is -4.33. The lowest BCUT2D eigenvalue weighted by atomic mass is 9.77. The van der Waals surface area contributed by atoms with Crippen molar-refractivity contribution in [2.75, 3.05) is 6.54 Å². The van der Waals surface area contributed by atoms with E-state index in [9.17, 15) is 39.2 Å². The molecule has 1 aliphatic carbocycles. The van der Waals surface area contributed by atoms with Gasteiger partial charge < -0.3 is 5.32 Å². The number of aryl methyl sites for hydroxylation is 2. The third-order valence-corrected chi connectivity index (χ3v) is 9.10. The molecule has 3 nitrogen and oxygen atoms in total. The Morgan fingerprint density at radius 1 is 1.00 bits per heavy atom. The van der Waals surface area contributed by atoms with Gasteiger partial charge in [0.1, 0.15) is 4.75 Å². The molecule has 1 heterocycles. The summed E-state index contributed by atoms with van der Waals surface area (Å²) < 4.78 is 143. The first kappa shape index (κ1) is 20.3. The SMILES string of the molecule is [2H]C([2H])([2H])c1ccc(S(=O)(=O)C23CCNC2CCc2cc(C(F)(C(F)(F)F)C(F)(F)F)ccc23)cc1. The molecule has 2 aromatic carbocycles. The van der Waals surface area contributed by atoms with Crippen LogP contribution in [-0.4, -0.2) is 33.4 Å². The van der Waals surface area contributed by atoms with Crippen LogP contribution < -0.4 is 5.32 Å². The van der Waals surface area contributed by atoms with E-state index in [1.54, 1.807) is 0 Å². The van der Waals surface area contributed by atoms with Crippen LogP contribution in [0.1, 0.15) is 39.2 Å². The van der Waals surface area contributed by atoms with E-state index in [1.165, 1.54) is 0 Å². The van der Waals surface area contributed by atoms with Gasteiger partial charge in [0, 0.05) is 15.7 Å². The third-order valence-electron chi connectivity index (χ3n) is 6.54. The molecule has 2 unspecified atom stereocenters. The van der Waals surface area contributed by atoms with Gasteiger partial charge >= 0.3 is 18.0 Å². The third kappa shape index (κ3) is 3.30. The van der Waals surface area contributed by atoms with Gasteiger partial charge in [-0.1, -0.05) is 35.9 Å². The summed E-state index contributed by atoms with van der Waals surface area (Å²) in [6.07, 6.45) is -12.6. The van der Waals surface area contributed by atoms with Gasteiger partial charge in [0.05, 0.1) is 4.90 Å². The summed E-state index contributed by atoms with van der Waals surface area (Å²) in [6.45, 7) is -2.28. The number of hydrogen-bond donors (Lipinski definition) is 1. The first-order valence-electron chi connectivity index (χ1n) is 11.4. The van der Waals surface area contributed by atoms with Gasteiger partial charge in [0.25, 0.3) is 0 Å². The number of rotatable bonds is 3. The topological polar surface area (TPSA) is 46.2 Å². The summed E-state index contributed by atoms with van der Waals surface area (Å²) in [6, 6.07) is 5.42. The molecule has 0 aromatic heterocycles. The zero-order valence-corrected chi connectivity index (χ0v) is 17.6. The van der Waals surface area contributed by atoms with Crippen molar-refractivity contribution in [1.29, 1.82) is 0 Å². The molecule has 0 saturated carbocycles. The molecule has 2 aromatic rings. The summed E-state index contributed by atoms with van der Waals surface area (Å²) in [5.41, 5.74) is -7.52. The number of hydrogen-bond acceptors (Lipinski definition) is 3. The van der Waals surface area contributed by atoms with Crippen molar-refractivity contribution < 1.29 is 43.3 Å². The zero-order chi connectivity index (χ0) is 26.9. The van der Waals surface area contributed by atoms with Gasteiger partial charge in [0.15, 0.2) is 9.84 Å². The number of nitrogens with one attached hydrogen (secondary N) is 1. The fourth-order valence-corrected chi connectivity index (χ4v) is 7.31. The Bertz CT molecular complexity index is 1260. The second-order valence-electron chi connectivity index (χ2n) is 8.24. The highest BCUT2D eigenvalue weighted by Gasteiger charge is 2.73. The van der Waals surface area contributed by atoms with Crippen LogP contribution >= 0.6 is 0 Å². The Morgan fingerprint density at radius 3 is 2.21 bits per heavy atom. The standard InChI is InChI=1S/C22H20F7NO2S/c1-13-2-6-16(7-3-13)33(31,32)19-10-11-30-18(19)9-4-14-12-15(5-8-17(14)19)20(23,21(24,25)26)22(27,28)29/h2-3,5-8,12,18,30H,4,9-11H2,1H3/i1D3. The molecule has 0 amide bonds. The predicted octanol–water partition coefficient (Wildman–Crippen LogP) is 5.26. The van der Waals surface area contributed by atoms with Crippen LogP contribution in [0.5, 0.6) is 0 Å². The van der Waals surface area contributed by atoms with Gasteiger partial charge in [0.2, 0.25) is 0 Å². The highest BCUT2D eigenvalue weighted by atomic mass is 32.2. The maximum atomic E-state index is 14.7. The van der Waals surface area contributed by atoms with Crippen molar-refractivity contribution in [3.05, 3.63) is 64.7 Å². The molecule has 1 fully saturated rings. The molecule has 4 rings (SSSR count). The van der Waals surface area contributed by atoms with Gasteiger partial charge in [-0.2, -0.15) is 26.3 Å². The fraction of sp³-hybridized carbons (Fsp3) is 0.455. The zero-order valence-electron chi connectivity index (χ0n) is 19.8. The molecule has 0 bridgehead atoms.